The molecule has 208 valence electrons. The van der Waals surface area contributed by atoms with Gasteiger partial charge in [0.2, 0.25) is 6.10 Å². The number of alkyl halides is 2. The summed E-state index contributed by atoms with van der Waals surface area (Å²) in [6.45, 7) is 8.81. The molecule has 1 aliphatic rings. The molecule has 0 N–H and O–H groups in total. The quantitative estimate of drug-likeness (QED) is 0.172. The fourth-order valence-electron chi connectivity index (χ4n) is 5.09. The Hall–Kier alpha value is -4.09. The Labute approximate surface area is 236 Å². The molecule has 0 bridgehead atoms. The number of benzene rings is 3. The van der Waals surface area contributed by atoms with Crippen molar-refractivity contribution in [1.29, 1.82) is 5.26 Å². The molecular formula is C31H28ClF2NO5. The number of ether oxygens (including phenoxy) is 4. The van der Waals surface area contributed by atoms with E-state index < -0.39 is 34.9 Å². The Balaban J connectivity index is 1.54. The van der Waals surface area contributed by atoms with Crippen LogP contribution in [0.2, 0.25) is 5.02 Å². The number of para-hydroxylation sites is 1. The zero-order valence-corrected chi connectivity index (χ0v) is 23.0. The number of carbonyl (C=O) groups excluding carboxylic acids is 1. The van der Waals surface area contributed by atoms with Gasteiger partial charge in [-0.05, 0) is 48.7 Å². The van der Waals surface area contributed by atoms with Crippen molar-refractivity contribution >= 4 is 17.6 Å². The van der Waals surface area contributed by atoms with Gasteiger partial charge >= 0.3 is 12.1 Å². The lowest BCUT2D eigenvalue weighted by molar-refractivity contribution is -0.205. The lowest BCUT2D eigenvalue weighted by Gasteiger charge is -2.22. The lowest BCUT2D eigenvalue weighted by Crippen LogP contribution is -2.33. The fourth-order valence-corrected chi connectivity index (χ4v) is 5.30. The Morgan fingerprint density at radius 1 is 1.10 bits per heavy atom. The van der Waals surface area contributed by atoms with Crippen molar-refractivity contribution in [2.45, 2.75) is 33.0 Å². The van der Waals surface area contributed by atoms with E-state index in [9.17, 15) is 10.1 Å². The second-order valence-electron chi connectivity index (χ2n) is 9.82. The van der Waals surface area contributed by atoms with Crippen molar-refractivity contribution in [3.05, 3.63) is 96.0 Å². The lowest BCUT2D eigenvalue weighted by atomic mass is 9.96. The van der Waals surface area contributed by atoms with Gasteiger partial charge in [-0.15, -0.1) is 6.58 Å². The van der Waals surface area contributed by atoms with Gasteiger partial charge in [-0.1, -0.05) is 61.9 Å². The summed E-state index contributed by atoms with van der Waals surface area (Å²) in [7, 11) is 0. The Bertz CT molecular complexity index is 1440. The summed E-state index contributed by atoms with van der Waals surface area (Å²) < 4.78 is 53.0. The fraction of sp³-hybridized carbons (Fsp3) is 0.290. The van der Waals surface area contributed by atoms with Gasteiger partial charge < -0.3 is 18.9 Å². The van der Waals surface area contributed by atoms with Crippen molar-refractivity contribution in [2.24, 2.45) is 16.7 Å². The number of esters is 1. The van der Waals surface area contributed by atoms with Gasteiger partial charge in [-0.2, -0.15) is 14.0 Å². The molecule has 40 heavy (non-hydrogen) atoms. The maximum atomic E-state index is 15.6. The van der Waals surface area contributed by atoms with Crippen LogP contribution in [0.15, 0.2) is 85.5 Å². The minimum Gasteiger partial charge on any atom is -0.494 e. The first-order chi connectivity index (χ1) is 19.0. The molecule has 3 aromatic carbocycles. The van der Waals surface area contributed by atoms with Gasteiger partial charge in [0.15, 0.2) is 0 Å². The summed E-state index contributed by atoms with van der Waals surface area (Å²) in [6.07, 6.45) is -4.07. The predicted octanol–water partition coefficient (Wildman–Crippen LogP) is 8.14. The monoisotopic (exact) mass is 567 g/mol. The van der Waals surface area contributed by atoms with Crippen LogP contribution in [0.1, 0.15) is 32.4 Å². The molecule has 0 saturated heterocycles. The van der Waals surface area contributed by atoms with E-state index in [1.807, 2.05) is 24.3 Å². The van der Waals surface area contributed by atoms with Crippen molar-refractivity contribution in [1.82, 2.24) is 0 Å². The number of rotatable bonds is 11. The number of carbonyl (C=O) groups is 1. The first kappa shape index (κ1) is 28.9. The third-order valence-corrected chi connectivity index (χ3v) is 7.39. The summed E-state index contributed by atoms with van der Waals surface area (Å²) in [5.74, 6) is -1.54. The molecule has 0 amide bonds. The maximum Gasteiger partial charge on any atom is 0.402 e. The zero-order chi connectivity index (χ0) is 29.1. The first-order valence-corrected chi connectivity index (χ1v) is 12.9. The highest BCUT2D eigenvalue weighted by Gasteiger charge is 2.84. The van der Waals surface area contributed by atoms with Crippen molar-refractivity contribution < 1.29 is 32.5 Å². The number of nitriles is 1. The van der Waals surface area contributed by atoms with Gasteiger partial charge in [0.25, 0.3) is 0 Å². The Morgan fingerprint density at radius 2 is 1.80 bits per heavy atom. The first-order valence-electron chi connectivity index (χ1n) is 12.6. The van der Waals surface area contributed by atoms with Crippen LogP contribution in [0, 0.1) is 28.1 Å². The molecule has 6 nitrogen and oxygen atoms in total. The van der Waals surface area contributed by atoms with E-state index in [2.05, 4.69) is 6.58 Å². The number of nitrogens with zero attached hydrogens (tertiary/aromatic N) is 1. The molecule has 1 aliphatic carbocycles. The highest BCUT2D eigenvalue weighted by molar-refractivity contribution is 6.32. The van der Waals surface area contributed by atoms with Crippen molar-refractivity contribution in [3.8, 4) is 29.1 Å². The van der Waals surface area contributed by atoms with Crippen LogP contribution in [0.5, 0.6) is 23.0 Å². The average Bonchev–Trinajstić information content (AvgIpc) is 3.47. The summed E-state index contributed by atoms with van der Waals surface area (Å²) >= 11 is 6.16. The van der Waals surface area contributed by atoms with E-state index >= 15 is 8.78 Å². The molecule has 4 rings (SSSR count). The second kappa shape index (κ2) is 11.2. The summed E-state index contributed by atoms with van der Waals surface area (Å²) in [4.78, 5) is 13.5. The van der Waals surface area contributed by atoms with Crippen LogP contribution >= 0.6 is 11.6 Å². The number of hydrogen-bond donors (Lipinski definition) is 0. The molecule has 9 heteroatoms. The van der Waals surface area contributed by atoms with E-state index in [1.165, 1.54) is 32.0 Å². The molecule has 0 radical (unpaired) electrons. The zero-order valence-electron chi connectivity index (χ0n) is 22.2. The molecule has 3 aromatic rings. The van der Waals surface area contributed by atoms with Gasteiger partial charge in [-0.3, -0.25) is 4.79 Å². The minimum atomic E-state index is -3.83. The van der Waals surface area contributed by atoms with Gasteiger partial charge in [0.1, 0.15) is 34.5 Å². The van der Waals surface area contributed by atoms with E-state index in [4.69, 9.17) is 30.5 Å². The molecule has 3 unspecified atom stereocenters. The van der Waals surface area contributed by atoms with E-state index in [-0.39, 0.29) is 10.8 Å². The Kier molecular flexibility index (Phi) is 8.08. The number of hydrogen-bond acceptors (Lipinski definition) is 6. The van der Waals surface area contributed by atoms with Crippen molar-refractivity contribution in [2.75, 3.05) is 6.61 Å². The second-order valence-corrected chi connectivity index (χ2v) is 10.2. The van der Waals surface area contributed by atoms with Crippen LogP contribution in [-0.2, 0) is 9.53 Å². The van der Waals surface area contributed by atoms with Gasteiger partial charge in [0, 0.05) is 11.6 Å². The van der Waals surface area contributed by atoms with E-state index in [0.29, 0.717) is 29.4 Å². The molecule has 0 aromatic heterocycles. The minimum absolute atomic E-state index is 0.0713. The normalized spacial score (nSPS) is 20.0. The van der Waals surface area contributed by atoms with Crippen LogP contribution in [-0.4, -0.2) is 18.7 Å². The molecule has 1 fully saturated rings. The van der Waals surface area contributed by atoms with Crippen LogP contribution < -0.4 is 14.2 Å². The maximum absolute atomic E-state index is 15.6. The highest BCUT2D eigenvalue weighted by atomic mass is 35.5. The number of halogens is 3. The van der Waals surface area contributed by atoms with Crippen LogP contribution in [0.4, 0.5) is 8.78 Å². The predicted molar refractivity (Wildman–Crippen MR) is 146 cm³/mol. The van der Waals surface area contributed by atoms with Gasteiger partial charge in [-0.25, -0.2) is 0 Å². The SMILES string of the molecule is C=CC1(C(=O)OC(C#N)c2cccc(Oc3ccccc3)c2)C(C(F)(F)Oc2ccc(OCC)cc2Cl)C1(C)C. The molecule has 3 atom stereocenters. The smallest absolute Gasteiger partial charge is 0.402 e. The van der Waals surface area contributed by atoms with Crippen LogP contribution in [0.25, 0.3) is 0 Å². The van der Waals surface area contributed by atoms with Crippen LogP contribution in [0.3, 0.4) is 0 Å². The third kappa shape index (κ3) is 5.34. The molecule has 1 saturated carbocycles. The molecular weight excluding hydrogens is 540 g/mol. The highest BCUT2D eigenvalue weighted by Crippen LogP contribution is 2.75. The molecule has 0 aliphatic heterocycles. The summed E-state index contributed by atoms with van der Waals surface area (Å²) in [5, 5.41) is 9.75. The van der Waals surface area contributed by atoms with Gasteiger partial charge in [0.05, 0.1) is 17.5 Å². The molecule has 0 heterocycles. The largest absolute Gasteiger partial charge is 0.494 e. The summed E-state index contributed by atoms with van der Waals surface area (Å²) in [6, 6.07) is 21.5. The van der Waals surface area contributed by atoms with Crippen molar-refractivity contribution in [3.63, 3.8) is 0 Å². The van der Waals surface area contributed by atoms with E-state index in [1.54, 1.807) is 43.3 Å². The average molecular weight is 568 g/mol. The Morgan fingerprint density at radius 3 is 2.42 bits per heavy atom. The topological polar surface area (TPSA) is 77.8 Å². The standard InChI is InChI=1S/C31H28ClF2NO5/c1-5-30(27(29(30,3)4)31(33,34)40-25-16-15-22(37-6-2)18-24(25)32)28(36)39-26(19-35)20-11-10-14-23(17-20)38-21-12-8-7-9-13-21/h5,7-18,26-27H,1,6H2,2-4H3. The molecule has 0 spiro atoms. The summed E-state index contributed by atoms with van der Waals surface area (Å²) in [5.41, 5.74) is -2.82. The third-order valence-electron chi connectivity index (χ3n) is 7.10. The van der Waals surface area contributed by atoms with E-state index in [0.717, 1.165) is 6.08 Å².